The summed E-state index contributed by atoms with van der Waals surface area (Å²) in [6.45, 7) is 0. The molecule has 0 aliphatic carbocycles. The van der Waals surface area contributed by atoms with Gasteiger partial charge < -0.3 is 5.11 Å². The standard InChI is InChI=1S/C6H5F2IN2O3S/c7-5(8)2-1-3(15(10,13)14)4(12)6(9)11-2/h1,5,12H,(H2,10,13,14). The first-order valence-corrected chi connectivity index (χ1v) is 6.06. The van der Waals surface area contributed by atoms with Crippen molar-refractivity contribution in [1.82, 2.24) is 4.98 Å². The van der Waals surface area contributed by atoms with E-state index in [1.807, 2.05) is 0 Å². The number of alkyl halides is 2. The highest BCUT2D eigenvalue weighted by Crippen LogP contribution is 2.29. The zero-order valence-electron chi connectivity index (χ0n) is 6.99. The number of hydrogen-bond donors (Lipinski definition) is 2. The molecule has 0 saturated heterocycles. The molecule has 0 saturated carbocycles. The van der Waals surface area contributed by atoms with Gasteiger partial charge in [-0.3, -0.25) is 0 Å². The molecule has 0 aliphatic rings. The van der Waals surface area contributed by atoms with Crippen LogP contribution in [0.1, 0.15) is 12.1 Å². The van der Waals surface area contributed by atoms with Crippen molar-refractivity contribution in [2.24, 2.45) is 5.14 Å². The van der Waals surface area contributed by atoms with Crippen molar-refractivity contribution in [1.29, 1.82) is 0 Å². The summed E-state index contributed by atoms with van der Waals surface area (Å²) in [7, 11) is -4.24. The molecule has 0 amide bonds. The van der Waals surface area contributed by atoms with Gasteiger partial charge in [-0.2, -0.15) is 0 Å². The molecular formula is C6H5F2IN2O3S. The maximum absolute atomic E-state index is 12.3. The van der Waals surface area contributed by atoms with E-state index in [-0.39, 0.29) is 3.70 Å². The highest BCUT2D eigenvalue weighted by molar-refractivity contribution is 14.1. The second-order valence-electron chi connectivity index (χ2n) is 2.53. The summed E-state index contributed by atoms with van der Waals surface area (Å²) in [6.07, 6.45) is -2.93. The van der Waals surface area contributed by atoms with Gasteiger partial charge in [0.15, 0.2) is 5.75 Å². The number of primary sulfonamides is 1. The highest BCUT2D eigenvalue weighted by atomic mass is 127. The molecule has 1 rings (SSSR count). The first kappa shape index (κ1) is 12.5. The molecule has 0 bridgehead atoms. The molecule has 0 radical (unpaired) electrons. The van der Waals surface area contributed by atoms with E-state index in [1.165, 1.54) is 22.6 Å². The summed E-state index contributed by atoms with van der Waals surface area (Å²) in [5.41, 5.74) is -0.749. The third-order valence-electron chi connectivity index (χ3n) is 1.47. The molecule has 1 heterocycles. The second kappa shape index (κ2) is 4.14. The van der Waals surface area contributed by atoms with Crippen molar-refractivity contribution in [3.8, 4) is 5.75 Å². The van der Waals surface area contributed by atoms with Gasteiger partial charge in [-0.1, -0.05) is 0 Å². The van der Waals surface area contributed by atoms with Crippen molar-refractivity contribution < 1.29 is 22.3 Å². The van der Waals surface area contributed by atoms with E-state index >= 15 is 0 Å². The van der Waals surface area contributed by atoms with E-state index in [0.29, 0.717) is 6.07 Å². The molecule has 0 unspecified atom stereocenters. The molecule has 1 aromatic heterocycles. The third kappa shape index (κ3) is 2.72. The molecule has 0 fully saturated rings. The number of nitrogens with two attached hydrogens (primary N) is 1. The highest BCUT2D eigenvalue weighted by Gasteiger charge is 2.21. The minimum Gasteiger partial charge on any atom is -0.504 e. The lowest BCUT2D eigenvalue weighted by Crippen LogP contribution is -2.14. The number of hydrogen-bond acceptors (Lipinski definition) is 4. The van der Waals surface area contributed by atoms with Gasteiger partial charge in [0, 0.05) is 0 Å². The predicted molar refractivity (Wildman–Crippen MR) is 54.9 cm³/mol. The lowest BCUT2D eigenvalue weighted by molar-refractivity contribution is 0.145. The Bertz CT molecular complexity index is 491. The molecule has 5 nitrogen and oxygen atoms in total. The number of rotatable bonds is 2. The fourth-order valence-electron chi connectivity index (χ4n) is 0.832. The molecular weight excluding hydrogens is 345 g/mol. The quantitative estimate of drug-likeness (QED) is 0.614. The van der Waals surface area contributed by atoms with Crippen molar-refractivity contribution in [2.75, 3.05) is 0 Å². The summed E-state index contributed by atoms with van der Waals surface area (Å²) in [5, 5.41) is 14.0. The molecule has 0 aromatic carbocycles. The van der Waals surface area contributed by atoms with Crippen LogP contribution in [-0.2, 0) is 10.0 Å². The van der Waals surface area contributed by atoms with Crippen molar-refractivity contribution >= 4 is 32.6 Å². The Morgan fingerprint density at radius 3 is 2.47 bits per heavy atom. The number of halogens is 3. The van der Waals surface area contributed by atoms with Gasteiger partial charge in [-0.05, 0) is 28.7 Å². The Labute approximate surface area is 97.5 Å². The van der Waals surface area contributed by atoms with E-state index in [4.69, 9.17) is 5.14 Å². The maximum atomic E-state index is 12.3. The normalized spacial score (nSPS) is 12.1. The molecule has 0 spiro atoms. The van der Waals surface area contributed by atoms with Crippen molar-refractivity contribution in [3.63, 3.8) is 0 Å². The third-order valence-corrected chi connectivity index (χ3v) is 3.14. The van der Waals surface area contributed by atoms with Crippen molar-refractivity contribution in [3.05, 3.63) is 15.5 Å². The smallest absolute Gasteiger partial charge is 0.280 e. The Hall–Kier alpha value is -0.550. The molecule has 3 N–H and O–H groups in total. The second-order valence-corrected chi connectivity index (χ2v) is 5.08. The number of aromatic hydroxyl groups is 1. The van der Waals surface area contributed by atoms with E-state index < -0.39 is 32.8 Å². The number of nitrogens with zero attached hydrogens (tertiary/aromatic N) is 1. The topological polar surface area (TPSA) is 93.3 Å². The van der Waals surface area contributed by atoms with E-state index in [9.17, 15) is 22.3 Å². The maximum Gasteiger partial charge on any atom is 0.280 e. The number of sulfonamides is 1. The van der Waals surface area contributed by atoms with Crippen LogP contribution in [0.3, 0.4) is 0 Å². The fourth-order valence-corrected chi connectivity index (χ4v) is 2.23. The molecule has 1 aromatic rings. The van der Waals surface area contributed by atoms with Crippen LogP contribution in [0.5, 0.6) is 5.75 Å². The summed E-state index contributed by atoms with van der Waals surface area (Å²) >= 11 is 1.43. The predicted octanol–water partition coefficient (Wildman–Crippen LogP) is 0.977. The van der Waals surface area contributed by atoms with Gasteiger partial charge in [-0.25, -0.2) is 27.3 Å². The Morgan fingerprint density at radius 1 is 1.53 bits per heavy atom. The van der Waals surface area contributed by atoms with Gasteiger partial charge in [-0.15, -0.1) is 0 Å². The first-order valence-electron chi connectivity index (χ1n) is 3.44. The van der Waals surface area contributed by atoms with Crippen LogP contribution in [0.25, 0.3) is 0 Å². The largest absolute Gasteiger partial charge is 0.504 e. The summed E-state index contributed by atoms with van der Waals surface area (Å²) < 4.78 is 46.1. The monoisotopic (exact) mass is 350 g/mol. The number of aromatic nitrogens is 1. The Kier molecular flexibility index (Phi) is 3.45. The van der Waals surface area contributed by atoms with Gasteiger partial charge in [0.1, 0.15) is 14.3 Å². The SMILES string of the molecule is NS(=O)(=O)c1cc(C(F)F)nc(I)c1O. The molecule has 84 valence electrons. The Morgan fingerprint density at radius 2 is 2.07 bits per heavy atom. The summed E-state index contributed by atoms with van der Waals surface area (Å²) in [6, 6.07) is 0.553. The van der Waals surface area contributed by atoms with Gasteiger partial charge in [0.25, 0.3) is 6.43 Å². The average Bonchev–Trinajstić information content (AvgIpc) is 2.06. The van der Waals surface area contributed by atoms with E-state index in [1.54, 1.807) is 0 Å². The van der Waals surface area contributed by atoms with Gasteiger partial charge in [0.2, 0.25) is 10.0 Å². The minimum atomic E-state index is -4.24. The van der Waals surface area contributed by atoms with Crippen LogP contribution >= 0.6 is 22.6 Å². The van der Waals surface area contributed by atoms with Crippen LogP contribution in [0.4, 0.5) is 8.78 Å². The van der Waals surface area contributed by atoms with E-state index in [0.717, 1.165) is 0 Å². The van der Waals surface area contributed by atoms with Crippen LogP contribution in [0.15, 0.2) is 11.0 Å². The fraction of sp³-hybridized carbons (Fsp3) is 0.167. The molecule has 9 heteroatoms. The molecule has 0 atom stereocenters. The zero-order valence-corrected chi connectivity index (χ0v) is 9.96. The van der Waals surface area contributed by atoms with Crippen molar-refractivity contribution in [2.45, 2.75) is 11.3 Å². The summed E-state index contributed by atoms with van der Waals surface area (Å²) in [4.78, 5) is 2.56. The lowest BCUT2D eigenvalue weighted by atomic mass is 10.3. The number of pyridine rings is 1. The van der Waals surface area contributed by atoms with Crippen LogP contribution in [0, 0.1) is 3.70 Å². The summed E-state index contributed by atoms with van der Waals surface area (Å²) in [5.74, 6) is -0.720. The van der Waals surface area contributed by atoms with E-state index in [2.05, 4.69) is 4.98 Å². The Balaban J connectivity index is 3.52. The minimum absolute atomic E-state index is 0.241. The molecule has 15 heavy (non-hydrogen) atoms. The molecule has 0 aliphatic heterocycles. The van der Waals surface area contributed by atoms with Gasteiger partial charge >= 0.3 is 0 Å². The first-order chi connectivity index (χ1) is 6.73. The lowest BCUT2D eigenvalue weighted by Gasteiger charge is -2.06. The average molecular weight is 350 g/mol. The zero-order chi connectivity index (χ0) is 11.8. The van der Waals surface area contributed by atoms with Crippen LogP contribution in [-0.4, -0.2) is 18.5 Å². The van der Waals surface area contributed by atoms with Crippen LogP contribution < -0.4 is 5.14 Å². The van der Waals surface area contributed by atoms with Gasteiger partial charge in [0.05, 0.1) is 0 Å². The van der Waals surface area contributed by atoms with Crippen LogP contribution in [0.2, 0.25) is 0 Å².